The van der Waals surface area contributed by atoms with Crippen molar-refractivity contribution >= 4 is 44.8 Å². The van der Waals surface area contributed by atoms with Crippen LogP contribution in [0.5, 0.6) is 0 Å². The van der Waals surface area contributed by atoms with E-state index in [1.807, 2.05) is 19.1 Å². The Morgan fingerprint density at radius 2 is 1.92 bits per heavy atom. The predicted octanol–water partition coefficient (Wildman–Crippen LogP) is 3.21. The van der Waals surface area contributed by atoms with Crippen molar-refractivity contribution in [2.45, 2.75) is 13.8 Å². The van der Waals surface area contributed by atoms with Crippen LogP contribution in [0.3, 0.4) is 0 Å². The van der Waals surface area contributed by atoms with Gasteiger partial charge in [-0.15, -0.1) is 0 Å². The van der Waals surface area contributed by atoms with Gasteiger partial charge in [0.05, 0.1) is 27.9 Å². The number of carbonyl (C=O) groups is 2. The van der Waals surface area contributed by atoms with Crippen molar-refractivity contribution in [1.29, 1.82) is 0 Å². The smallest absolute Gasteiger partial charge is 0.257 e. The molecular formula is C18H17ClN2O4S. The van der Waals surface area contributed by atoms with Crippen LogP contribution in [0.4, 0.5) is 11.4 Å². The lowest BCUT2D eigenvalue weighted by Crippen LogP contribution is -2.30. The molecule has 8 heteroatoms. The third-order valence-corrected chi connectivity index (χ3v) is 6.37. The highest BCUT2D eigenvalue weighted by molar-refractivity contribution is 7.94. The average molecular weight is 393 g/mol. The number of para-hydroxylation sites is 1. The van der Waals surface area contributed by atoms with Crippen molar-refractivity contribution in [1.82, 2.24) is 0 Å². The summed E-state index contributed by atoms with van der Waals surface area (Å²) in [4.78, 5) is 24.6. The van der Waals surface area contributed by atoms with Gasteiger partial charge in [0.2, 0.25) is 15.9 Å². The number of sulfonamides is 1. The quantitative estimate of drug-likeness (QED) is 0.869. The van der Waals surface area contributed by atoms with Gasteiger partial charge in [0.25, 0.3) is 5.91 Å². The van der Waals surface area contributed by atoms with Crippen LogP contribution in [0.15, 0.2) is 42.5 Å². The van der Waals surface area contributed by atoms with Gasteiger partial charge in [0.15, 0.2) is 0 Å². The first-order valence-electron chi connectivity index (χ1n) is 7.94. The molecule has 2 amide bonds. The largest absolute Gasteiger partial charge is 0.322 e. The molecule has 1 heterocycles. The fourth-order valence-corrected chi connectivity index (χ4v) is 4.88. The Hall–Kier alpha value is -2.38. The number of hydrogen-bond donors (Lipinski definition) is 1. The molecule has 3 rings (SSSR count). The fraction of sp³-hybridized carbons (Fsp3) is 0.222. The third kappa shape index (κ3) is 3.32. The molecule has 1 atom stereocenters. The summed E-state index contributed by atoms with van der Waals surface area (Å²) in [6.07, 6.45) is 0. The molecule has 6 nitrogen and oxygen atoms in total. The Bertz CT molecular complexity index is 1000. The van der Waals surface area contributed by atoms with E-state index < -0.39 is 27.8 Å². The van der Waals surface area contributed by atoms with Crippen LogP contribution in [0.25, 0.3) is 0 Å². The maximum Gasteiger partial charge on any atom is 0.257 e. The molecule has 1 N–H and O–H groups in total. The lowest BCUT2D eigenvalue weighted by molar-refractivity contribution is -0.119. The topological polar surface area (TPSA) is 83.6 Å². The van der Waals surface area contributed by atoms with E-state index in [4.69, 9.17) is 11.6 Å². The number of anilines is 2. The van der Waals surface area contributed by atoms with Crippen LogP contribution in [-0.2, 0) is 14.8 Å². The molecule has 136 valence electrons. The molecule has 0 aliphatic carbocycles. The van der Waals surface area contributed by atoms with E-state index in [9.17, 15) is 18.0 Å². The van der Waals surface area contributed by atoms with Crippen molar-refractivity contribution in [3.63, 3.8) is 0 Å². The molecule has 1 fully saturated rings. The van der Waals surface area contributed by atoms with Gasteiger partial charge < -0.3 is 5.32 Å². The highest BCUT2D eigenvalue weighted by Gasteiger charge is 2.42. The number of carbonyl (C=O) groups excluding carboxylic acids is 2. The molecule has 0 saturated carbocycles. The van der Waals surface area contributed by atoms with Crippen LogP contribution in [0, 0.1) is 12.8 Å². The molecule has 1 aliphatic heterocycles. The van der Waals surface area contributed by atoms with Gasteiger partial charge in [-0.2, -0.15) is 0 Å². The average Bonchev–Trinajstić information content (AvgIpc) is 2.76. The Labute approximate surface area is 156 Å². The van der Waals surface area contributed by atoms with E-state index in [0.29, 0.717) is 5.69 Å². The first-order valence-corrected chi connectivity index (χ1v) is 9.93. The highest BCUT2D eigenvalue weighted by atomic mass is 35.5. The Balaban J connectivity index is 1.90. The Morgan fingerprint density at radius 1 is 1.23 bits per heavy atom. The molecule has 0 radical (unpaired) electrons. The van der Waals surface area contributed by atoms with Crippen LogP contribution in [0.1, 0.15) is 22.8 Å². The first-order chi connectivity index (χ1) is 12.2. The lowest BCUT2D eigenvalue weighted by atomic mass is 10.1. The number of nitrogens with zero attached hydrogens (tertiary/aromatic N) is 1. The standard InChI is InChI=1S/C18H17ClN2O4S/c1-11-5-3-4-6-16(11)20-17(22)14-8-7-13(9-15(14)19)21-18(23)12(2)10-26(21,24)25/h3-9,12H,10H2,1-2H3,(H,20,22). The minimum absolute atomic E-state index is 0.0659. The second-order valence-electron chi connectivity index (χ2n) is 6.22. The molecule has 0 aromatic heterocycles. The van der Waals surface area contributed by atoms with Crippen LogP contribution >= 0.6 is 11.6 Å². The maximum absolute atomic E-state index is 12.5. The number of hydrogen-bond acceptors (Lipinski definition) is 4. The lowest BCUT2D eigenvalue weighted by Gasteiger charge is -2.16. The zero-order chi connectivity index (χ0) is 19.1. The first kappa shape index (κ1) is 18.4. The SMILES string of the molecule is Cc1ccccc1NC(=O)c1ccc(N2C(=O)C(C)CS2(=O)=O)cc1Cl. The van der Waals surface area contributed by atoms with E-state index in [2.05, 4.69) is 5.32 Å². The number of aryl methyl sites for hydroxylation is 1. The summed E-state index contributed by atoms with van der Waals surface area (Å²) in [5, 5.41) is 2.83. The van der Waals surface area contributed by atoms with Crippen LogP contribution in [0.2, 0.25) is 5.02 Å². The summed E-state index contributed by atoms with van der Waals surface area (Å²) in [5.74, 6) is -1.76. The van der Waals surface area contributed by atoms with E-state index in [1.165, 1.54) is 18.2 Å². The van der Waals surface area contributed by atoms with Crippen molar-refractivity contribution < 1.29 is 18.0 Å². The fourth-order valence-electron chi connectivity index (χ4n) is 2.80. The zero-order valence-electron chi connectivity index (χ0n) is 14.2. The van der Waals surface area contributed by atoms with Crippen molar-refractivity contribution in [2.75, 3.05) is 15.4 Å². The van der Waals surface area contributed by atoms with E-state index in [1.54, 1.807) is 19.1 Å². The number of nitrogens with one attached hydrogen (secondary N) is 1. The summed E-state index contributed by atoms with van der Waals surface area (Å²) < 4.78 is 25.1. The van der Waals surface area contributed by atoms with E-state index in [-0.39, 0.29) is 22.0 Å². The molecule has 26 heavy (non-hydrogen) atoms. The van der Waals surface area contributed by atoms with Crippen LogP contribution < -0.4 is 9.62 Å². The maximum atomic E-state index is 12.5. The number of amides is 2. The van der Waals surface area contributed by atoms with E-state index >= 15 is 0 Å². The normalized spacial score (nSPS) is 18.8. The van der Waals surface area contributed by atoms with Gasteiger partial charge in [-0.3, -0.25) is 9.59 Å². The second kappa shape index (κ2) is 6.74. The number of rotatable bonds is 3. The summed E-state index contributed by atoms with van der Waals surface area (Å²) >= 11 is 6.19. The van der Waals surface area contributed by atoms with Gasteiger partial charge in [0.1, 0.15) is 0 Å². The van der Waals surface area contributed by atoms with E-state index in [0.717, 1.165) is 9.87 Å². The minimum Gasteiger partial charge on any atom is -0.322 e. The summed E-state index contributed by atoms with van der Waals surface area (Å²) in [7, 11) is -3.72. The van der Waals surface area contributed by atoms with Crippen molar-refractivity contribution in [3.05, 3.63) is 58.6 Å². The van der Waals surface area contributed by atoms with Gasteiger partial charge in [-0.1, -0.05) is 36.7 Å². The summed E-state index contributed by atoms with van der Waals surface area (Å²) in [5.41, 5.74) is 1.88. The van der Waals surface area contributed by atoms with Gasteiger partial charge in [0, 0.05) is 5.69 Å². The predicted molar refractivity (Wildman–Crippen MR) is 101 cm³/mol. The van der Waals surface area contributed by atoms with Gasteiger partial charge >= 0.3 is 0 Å². The van der Waals surface area contributed by atoms with Crippen molar-refractivity contribution in [3.8, 4) is 0 Å². The highest BCUT2D eigenvalue weighted by Crippen LogP contribution is 2.31. The Morgan fingerprint density at radius 3 is 2.50 bits per heavy atom. The Kier molecular flexibility index (Phi) is 4.77. The number of halogens is 1. The van der Waals surface area contributed by atoms with Crippen LogP contribution in [-0.4, -0.2) is 26.0 Å². The number of benzene rings is 2. The molecule has 2 aromatic rings. The zero-order valence-corrected chi connectivity index (χ0v) is 15.8. The molecule has 0 spiro atoms. The van der Waals surface area contributed by atoms with Gasteiger partial charge in [-0.05, 0) is 36.8 Å². The molecule has 1 saturated heterocycles. The van der Waals surface area contributed by atoms with Crippen molar-refractivity contribution in [2.24, 2.45) is 5.92 Å². The van der Waals surface area contributed by atoms with Gasteiger partial charge in [-0.25, -0.2) is 12.7 Å². The molecule has 1 unspecified atom stereocenters. The summed E-state index contributed by atoms with van der Waals surface area (Å²) in [6, 6.07) is 11.4. The monoisotopic (exact) mass is 392 g/mol. The summed E-state index contributed by atoms with van der Waals surface area (Å²) in [6.45, 7) is 3.43. The molecule has 0 bridgehead atoms. The molecular weight excluding hydrogens is 376 g/mol. The molecule has 1 aliphatic rings. The minimum atomic E-state index is -3.72. The third-order valence-electron chi connectivity index (χ3n) is 4.19. The molecule has 2 aromatic carbocycles. The second-order valence-corrected chi connectivity index (χ2v) is 8.48.